The Morgan fingerprint density at radius 2 is 1.95 bits per heavy atom. The first-order chi connectivity index (χ1) is 10.6. The molecule has 0 amide bonds. The Morgan fingerprint density at radius 3 is 2.68 bits per heavy atom. The lowest BCUT2D eigenvalue weighted by molar-refractivity contribution is 0.753. The van der Waals surface area contributed by atoms with Crippen molar-refractivity contribution in [2.24, 2.45) is 0 Å². The van der Waals surface area contributed by atoms with Crippen LogP contribution in [-0.4, -0.2) is 9.55 Å². The average molecular weight is 330 g/mol. The summed E-state index contributed by atoms with van der Waals surface area (Å²) in [6.07, 6.45) is 0.807. The number of fused-ring (bicyclic) bond motifs is 1. The molecule has 3 nitrogen and oxygen atoms in total. The summed E-state index contributed by atoms with van der Waals surface area (Å²) in [6, 6.07) is 13.4. The molecule has 0 bridgehead atoms. The van der Waals surface area contributed by atoms with Gasteiger partial charge >= 0.3 is 0 Å². The number of halogens is 2. The van der Waals surface area contributed by atoms with Crippen molar-refractivity contribution in [2.75, 3.05) is 0 Å². The highest BCUT2D eigenvalue weighted by atomic mass is 35.5. The van der Waals surface area contributed by atoms with Gasteiger partial charge in [0, 0.05) is 13.0 Å². The average Bonchev–Trinajstić information content (AvgIpc) is 2.85. The maximum atomic E-state index is 9.03. The summed E-state index contributed by atoms with van der Waals surface area (Å²) in [7, 11) is 0. The quantitative estimate of drug-likeness (QED) is 0.690. The van der Waals surface area contributed by atoms with E-state index < -0.39 is 0 Å². The first-order valence-corrected chi connectivity index (χ1v) is 7.71. The van der Waals surface area contributed by atoms with Crippen molar-refractivity contribution < 1.29 is 0 Å². The predicted octanol–water partition coefficient (Wildman–Crippen LogP) is 4.83. The molecule has 3 rings (SSSR count). The number of aryl methyl sites for hydroxylation is 1. The smallest absolute Gasteiger partial charge is 0.109 e. The Hall–Kier alpha value is -2.02. The summed E-state index contributed by atoms with van der Waals surface area (Å²) in [5.41, 5.74) is 3.50. The van der Waals surface area contributed by atoms with Crippen LogP contribution in [0.3, 0.4) is 0 Å². The molecule has 0 fully saturated rings. The van der Waals surface area contributed by atoms with E-state index in [9.17, 15) is 0 Å². The highest BCUT2D eigenvalue weighted by molar-refractivity contribution is 6.42. The normalized spacial score (nSPS) is 10.8. The molecule has 0 unspecified atom stereocenters. The predicted molar refractivity (Wildman–Crippen MR) is 89.4 cm³/mol. The van der Waals surface area contributed by atoms with Gasteiger partial charge in [0.15, 0.2) is 0 Å². The van der Waals surface area contributed by atoms with Crippen molar-refractivity contribution in [3.63, 3.8) is 0 Å². The van der Waals surface area contributed by atoms with Gasteiger partial charge in [-0.15, -0.1) is 0 Å². The Bertz CT molecular complexity index is 891. The summed E-state index contributed by atoms with van der Waals surface area (Å²) in [5, 5.41) is 10.1. The molecule has 0 radical (unpaired) electrons. The van der Waals surface area contributed by atoms with Crippen molar-refractivity contribution in [3.05, 3.63) is 63.4 Å². The Balaban J connectivity index is 2.12. The number of benzene rings is 2. The minimum absolute atomic E-state index is 0.507. The van der Waals surface area contributed by atoms with Gasteiger partial charge in [0.25, 0.3) is 0 Å². The number of nitrogens with zero attached hydrogens (tertiary/aromatic N) is 3. The molecule has 0 atom stereocenters. The van der Waals surface area contributed by atoms with Crippen molar-refractivity contribution in [2.45, 2.75) is 19.9 Å². The largest absolute Gasteiger partial charge is 0.323 e. The molecule has 110 valence electrons. The molecule has 0 aliphatic rings. The van der Waals surface area contributed by atoms with Gasteiger partial charge in [-0.1, -0.05) is 42.3 Å². The van der Waals surface area contributed by atoms with E-state index in [-0.39, 0.29) is 0 Å². The number of hydrogen-bond donors (Lipinski definition) is 0. The molecular formula is C17H13Cl2N3. The van der Waals surface area contributed by atoms with Gasteiger partial charge in [0.1, 0.15) is 5.82 Å². The Labute approximate surface area is 138 Å². The van der Waals surface area contributed by atoms with Crippen LogP contribution in [-0.2, 0) is 13.0 Å². The van der Waals surface area contributed by atoms with Crippen molar-refractivity contribution in [3.8, 4) is 6.07 Å². The maximum absolute atomic E-state index is 9.03. The second kappa shape index (κ2) is 6.00. The zero-order valence-corrected chi connectivity index (χ0v) is 13.5. The highest BCUT2D eigenvalue weighted by Crippen LogP contribution is 2.29. The topological polar surface area (TPSA) is 41.6 Å². The molecule has 1 aromatic heterocycles. The number of hydrogen-bond acceptors (Lipinski definition) is 2. The second-order valence-corrected chi connectivity index (χ2v) is 5.85. The van der Waals surface area contributed by atoms with E-state index in [0.717, 1.165) is 28.8 Å². The van der Waals surface area contributed by atoms with Crippen LogP contribution >= 0.6 is 23.2 Å². The fourth-order valence-corrected chi connectivity index (χ4v) is 2.85. The molecule has 5 heteroatoms. The first kappa shape index (κ1) is 14.9. The lowest BCUT2D eigenvalue weighted by Gasteiger charge is -2.09. The van der Waals surface area contributed by atoms with Crippen molar-refractivity contribution in [1.29, 1.82) is 5.26 Å². The second-order valence-electron chi connectivity index (χ2n) is 5.03. The fraction of sp³-hybridized carbons (Fsp3) is 0.176. The SMILES string of the molecule is CCc1nc2cc(Cl)c(Cl)cc2n1Cc1cccc(C#N)c1. The zero-order valence-electron chi connectivity index (χ0n) is 12.0. The molecule has 22 heavy (non-hydrogen) atoms. The zero-order chi connectivity index (χ0) is 15.7. The van der Waals surface area contributed by atoms with Gasteiger partial charge in [0.2, 0.25) is 0 Å². The van der Waals surface area contributed by atoms with Crippen LogP contribution in [0.25, 0.3) is 11.0 Å². The first-order valence-electron chi connectivity index (χ1n) is 6.95. The fourth-order valence-electron chi connectivity index (χ4n) is 2.54. The molecule has 0 N–H and O–H groups in total. The number of imidazole rings is 1. The highest BCUT2D eigenvalue weighted by Gasteiger charge is 2.12. The third-order valence-corrected chi connectivity index (χ3v) is 4.30. The molecule has 1 heterocycles. The lowest BCUT2D eigenvalue weighted by Crippen LogP contribution is -2.04. The van der Waals surface area contributed by atoms with Crippen LogP contribution in [0.2, 0.25) is 10.0 Å². The number of nitriles is 1. The molecule has 0 aliphatic carbocycles. The third kappa shape index (κ3) is 2.68. The van der Waals surface area contributed by atoms with Gasteiger partial charge in [-0.3, -0.25) is 0 Å². The van der Waals surface area contributed by atoms with Gasteiger partial charge in [-0.05, 0) is 29.8 Å². The Kier molecular flexibility index (Phi) is 4.06. The molecular weight excluding hydrogens is 317 g/mol. The van der Waals surface area contributed by atoms with Crippen molar-refractivity contribution in [1.82, 2.24) is 9.55 Å². The lowest BCUT2D eigenvalue weighted by atomic mass is 10.1. The van der Waals surface area contributed by atoms with Gasteiger partial charge in [-0.2, -0.15) is 5.26 Å². The molecule has 0 spiro atoms. The summed E-state index contributed by atoms with van der Waals surface area (Å²) in [4.78, 5) is 4.63. The maximum Gasteiger partial charge on any atom is 0.109 e. The van der Waals surface area contributed by atoms with Gasteiger partial charge < -0.3 is 4.57 Å². The summed E-state index contributed by atoms with van der Waals surface area (Å²) in [6.45, 7) is 2.71. The van der Waals surface area contributed by atoms with Crippen LogP contribution in [0.5, 0.6) is 0 Å². The van der Waals surface area contributed by atoms with Crippen LogP contribution < -0.4 is 0 Å². The Morgan fingerprint density at radius 1 is 1.18 bits per heavy atom. The van der Waals surface area contributed by atoms with E-state index in [1.807, 2.05) is 24.3 Å². The third-order valence-electron chi connectivity index (χ3n) is 3.58. The summed E-state index contributed by atoms with van der Waals surface area (Å²) < 4.78 is 2.12. The molecule has 0 saturated heterocycles. The molecule has 0 aliphatic heterocycles. The monoisotopic (exact) mass is 329 g/mol. The van der Waals surface area contributed by atoms with E-state index in [1.165, 1.54) is 0 Å². The number of rotatable bonds is 3. The minimum Gasteiger partial charge on any atom is -0.323 e. The summed E-state index contributed by atoms with van der Waals surface area (Å²) in [5.74, 6) is 0.968. The molecule has 2 aromatic carbocycles. The number of aromatic nitrogens is 2. The molecule has 0 saturated carbocycles. The standard InChI is InChI=1S/C17H13Cl2N3/c1-2-17-21-15-7-13(18)14(19)8-16(15)22(17)10-12-5-3-4-11(6-12)9-20/h3-8H,2,10H2,1H3. The van der Waals surface area contributed by atoms with Crippen LogP contribution in [0.1, 0.15) is 23.9 Å². The van der Waals surface area contributed by atoms with Gasteiger partial charge in [-0.25, -0.2) is 4.98 Å². The molecule has 3 aromatic rings. The van der Waals surface area contributed by atoms with Crippen molar-refractivity contribution >= 4 is 34.2 Å². The van der Waals surface area contributed by atoms with E-state index >= 15 is 0 Å². The van der Waals surface area contributed by atoms with Crippen LogP contribution in [0, 0.1) is 11.3 Å². The van der Waals surface area contributed by atoms with Gasteiger partial charge in [0.05, 0.1) is 32.7 Å². The van der Waals surface area contributed by atoms with E-state index in [2.05, 4.69) is 22.5 Å². The van der Waals surface area contributed by atoms with Crippen LogP contribution in [0.15, 0.2) is 36.4 Å². The van der Waals surface area contributed by atoms with E-state index in [4.69, 9.17) is 28.5 Å². The minimum atomic E-state index is 0.507. The summed E-state index contributed by atoms with van der Waals surface area (Å²) >= 11 is 12.2. The van der Waals surface area contributed by atoms with E-state index in [1.54, 1.807) is 12.1 Å². The van der Waals surface area contributed by atoms with Crippen LogP contribution in [0.4, 0.5) is 0 Å². The van der Waals surface area contributed by atoms with E-state index in [0.29, 0.717) is 22.2 Å².